The maximum Gasteiger partial charge on any atom is 0.0187 e. The van der Waals surface area contributed by atoms with Gasteiger partial charge >= 0.3 is 0 Å². The highest BCUT2D eigenvalue weighted by molar-refractivity contribution is 5.85. The molecule has 0 saturated heterocycles. The van der Waals surface area contributed by atoms with Crippen molar-refractivity contribution in [1.82, 2.24) is 0 Å². The first-order valence-corrected chi connectivity index (χ1v) is 7.51. The van der Waals surface area contributed by atoms with Gasteiger partial charge in [0.15, 0.2) is 0 Å². The Labute approximate surface area is 131 Å². The highest BCUT2D eigenvalue weighted by Gasteiger charge is 2.12. The van der Waals surface area contributed by atoms with Crippen molar-refractivity contribution in [3.05, 3.63) is 83.9 Å². The second-order valence-electron chi connectivity index (χ2n) is 5.26. The fourth-order valence-electron chi connectivity index (χ4n) is 2.91. The molecule has 0 aliphatic rings. The fraction of sp³-hybridized carbons (Fsp3) is 0.100. The van der Waals surface area contributed by atoms with Crippen molar-refractivity contribution in [1.29, 1.82) is 0 Å². The largest absolute Gasteiger partial charge is 0.326 e. The molecule has 3 aromatic rings. The summed E-state index contributed by atoms with van der Waals surface area (Å²) in [4.78, 5) is 0. The predicted octanol–water partition coefficient (Wildman–Crippen LogP) is 3.94. The molecule has 2 nitrogen and oxygen atoms in total. The first-order valence-electron chi connectivity index (χ1n) is 7.51. The third-order valence-corrected chi connectivity index (χ3v) is 4.00. The molecule has 0 bridgehead atoms. The van der Waals surface area contributed by atoms with Crippen LogP contribution in [0.5, 0.6) is 0 Å². The molecule has 0 saturated carbocycles. The highest BCUT2D eigenvalue weighted by atomic mass is 14.6. The fourth-order valence-corrected chi connectivity index (χ4v) is 2.91. The Kier molecular flexibility index (Phi) is 4.33. The van der Waals surface area contributed by atoms with E-state index in [9.17, 15) is 0 Å². The van der Waals surface area contributed by atoms with E-state index in [1.165, 1.54) is 22.3 Å². The minimum atomic E-state index is 0.492. The van der Waals surface area contributed by atoms with Gasteiger partial charge in [0.25, 0.3) is 0 Å². The SMILES string of the molecule is NCc1cccc(-c2ccccc2-c2ccccc2)c1CN. The zero-order valence-electron chi connectivity index (χ0n) is 12.5. The molecule has 110 valence electrons. The van der Waals surface area contributed by atoms with Gasteiger partial charge < -0.3 is 11.5 Å². The van der Waals surface area contributed by atoms with E-state index in [2.05, 4.69) is 66.7 Å². The van der Waals surface area contributed by atoms with E-state index in [4.69, 9.17) is 11.5 Å². The number of nitrogens with two attached hydrogens (primary N) is 2. The second-order valence-corrected chi connectivity index (χ2v) is 5.26. The van der Waals surface area contributed by atoms with E-state index in [1.54, 1.807) is 0 Å². The van der Waals surface area contributed by atoms with Crippen molar-refractivity contribution in [3.8, 4) is 22.3 Å². The average Bonchev–Trinajstić information content (AvgIpc) is 2.61. The average molecular weight is 288 g/mol. The Balaban J connectivity index is 2.22. The quantitative estimate of drug-likeness (QED) is 0.764. The van der Waals surface area contributed by atoms with Crippen LogP contribution in [0.3, 0.4) is 0 Å². The molecular weight excluding hydrogens is 268 g/mol. The van der Waals surface area contributed by atoms with Gasteiger partial charge in [-0.1, -0.05) is 72.8 Å². The molecule has 0 atom stereocenters. The van der Waals surface area contributed by atoms with Crippen LogP contribution >= 0.6 is 0 Å². The number of hydrogen-bond donors (Lipinski definition) is 2. The van der Waals surface area contributed by atoms with Crippen LogP contribution in [0.25, 0.3) is 22.3 Å². The summed E-state index contributed by atoms with van der Waals surface area (Å²) in [6.07, 6.45) is 0. The maximum atomic E-state index is 6.00. The normalized spacial score (nSPS) is 10.6. The van der Waals surface area contributed by atoms with Crippen LogP contribution in [0.1, 0.15) is 11.1 Å². The summed E-state index contributed by atoms with van der Waals surface area (Å²) in [6.45, 7) is 1.000. The third kappa shape index (κ3) is 2.67. The molecular formula is C20H20N2. The van der Waals surface area contributed by atoms with Gasteiger partial charge in [-0.3, -0.25) is 0 Å². The summed E-state index contributed by atoms with van der Waals surface area (Å²) in [5.74, 6) is 0. The molecule has 0 aliphatic carbocycles. The lowest BCUT2D eigenvalue weighted by atomic mass is 9.90. The number of benzene rings is 3. The van der Waals surface area contributed by atoms with Crippen molar-refractivity contribution in [2.45, 2.75) is 13.1 Å². The van der Waals surface area contributed by atoms with Gasteiger partial charge in [0.1, 0.15) is 0 Å². The van der Waals surface area contributed by atoms with Gasteiger partial charge in [0.05, 0.1) is 0 Å². The topological polar surface area (TPSA) is 52.0 Å². The molecule has 0 heterocycles. The van der Waals surface area contributed by atoms with Crippen LogP contribution in [-0.2, 0) is 13.1 Å². The molecule has 22 heavy (non-hydrogen) atoms. The Bertz CT molecular complexity index is 764. The maximum absolute atomic E-state index is 6.00. The minimum Gasteiger partial charge on any atom is -0.326 e. The van der Waals surface area contributed by atoms with Crippen LogP contribution in [0, 0.1) is 0 Å². The van der Waals surface area contributed by atoms with Crippen molar-refractivity contribution in [3.63, 3.8) is 0 Å². The van der Waals surface area contributed by atoms with Crippen molar-refractivity contribution < 1.29 is 0 Å². The van der Waals surface area contributed by atoms with Crippen LogP contribution in [0.4, 0.5) is 0 Å². The van der Waals surface area contributed by atoms with E-state index in [0.717, 1.165) is 11.1 Å². The lowest BCUT2D eigenvalue weighted by molar-refractivity contribution is 0.982. The van der Waals surface area contributed by atoms with Crippen LogP contribution in [-0.4, -0.2) is 0 Å². The summed E-state index contributed by atoms with van der Waals surface area (Å²) < 4.78 is 0. The van der Waals surface area contributed by atoms with Gasteiger partial charge in [0.2, 0.25) is 0 Å². The smallest absolute Gasteiger partial charge is 0.0187 e. The third-order valence-electron chi connectivity index (χ3n) is 4.00. The first-order chi connectivity index (χ1) is 10.8. The van der Waals surface area contributed by atoms with E-state index in [-0.39, 0.29) is 0 Å². The van der Waals surface area contributed by atoms with Gasteiger partial charge in [-0.25, -0.2) is 0 Å². The lowest BCUT2D eigenvalue weighted by Crippen LogP contribution is -2.07. The molecule has 4 N–H and O–H groups in total. The monoisotopic (exact) mass is 288 g/mol. The second kappa shape index (κ2) is 6.56. The summed E-state index contributed by atoms with van der Waals surface area (Å²) in [5, 5.41) is 0. The summed E-state index contributed by atoms with van der Waals surface area (Å²) in [5.41, 5.74) is 18.9. The van der Waals surface area contributed by atoms with E-state index >= 15 is 0 Å². The Morgan fingerprint density at radius 1 is 0.545 bits per heavy atom. The Morgan fingerprint density at radius 2 is 1.18 bits per heavy atom. The van der Waals surface area contributed by atoms with Crippen LogP contribution in [0.2, 0.25) is 0 Å². The zero-order chi connectivity index (χ0) is 15.4. The van der Waals surface area contributed by atoms with Gasteiger partial charge in [-0.2, -0.15) is 0 Å². The molecule has 3 rings (SSSR count). The first kappa shape index (κ1) is 14.5. The number of hydrogen-bond acceptors (Lipinski definition) is 2. The molecule has 0 aromatic heterocycles. The Hall–Kier alpha value is -2.42. The van der Waals surface area contributed by atoms with Gasteiger partial charge in [-0.05, 0) is 33.4 Å². The molecule has 0 fully saturated rings. The summed E-state index contributed by atoms with van der Waals surface area (Å²) in [6, 6.07) is 25.1. The van der Waals surface area contributed by atoms with Gasteiger partial charge in [-0.15, -0.1) is 0 Å². The summed E-state index contributed by atoms with van der Waals surface area (Å²) in [7, 11) is 0. The molecule has 3 aromatic carbocycles. The summed E-state index contributed by atoms with van der Waals surface area (Å²) >= 11 is 0. The zero-order valence-corrected chi connectivity index (χ0v) is 12.5. The van der Waals surface area contributed by atoms with Crippen molar-refractivity contribution in [2.24, 2.45) is 11.5 Å². The standard InChI is InChI=1S/C20H20N2/c21-13-16-9-6-12-19(20(16)14-22)18-11-5-4-10-17(18)15-7-2-1-3-8-15/h1-12H,13-14,21-22H2. The van der Waals surface area contributed by atoms with E-state index in [0.29, 0.717) is 13.1 Å². The van der Waals surface area contributed by atoms with Crippen LogP contribution < -0.4 is 11.5 Å². The molecule has 0 amide bonds. The highest BCUT2D eigenvalue weighted by Crippen LogP contribution is 2.34. The molecule has 0 unspecified atom stereocenters. The van der Waals surface area contributed by atoms with Crippen molar-refractivity contribution in [2.75, 3.05) is 0 Å². The molecule has 0 radical (unpaired) electrons. The molecule has 2 heteroatoms. The molecule has 0 aliphatic heterocycles. The van der Waals surface area contributed by atoms with E-state index < -0.39 is 0 Å². The van der Waals surface area contributed by atoms with Crippen LogP contribution in [0.15, 0.2) is 72.8 Å². The Morgan fingerprint density at radius 3 is 1.86 bits per heavy atom. The predicted molar refractivity (Wildman–Crippen MR) is 93.1 cm³/mol. The number of rotatable bonds is 4. The molecule has 0 spiro atoms. The van der Waals surface area contributed by atoms with E-state index in [1.807, 2.05) is 6.07 Å². The lowest BCUT2D eigenvalue weighted by Gasteiger charge is -2.16. The minimum absolute atomic E-state index is 0.492. The van der Waals surface area contributed by atoms with Crippen molar-refractivity contribution >= 4 is 0 Å². The van der Waals surface area contributed by atoms with Gasteiger partial charge in [0, 0.05) is 13.1 Å².